The number of carbonyl (C=O) groups excluding carboxylic acids is 1. The Labute approximate surface area is 215 Å². The number of ketones is 1. The number of Topliss-reactive ketones (excluding diaryl/α,β-unsaturated/α-hetero) is 1. The zero-order valence-electron chi connectivity index (χ0n) is 20.8. The van der Waals surface area contributed by atoms with E-state index >= 15 is 0 Å². The van der Waals surface area contributed by atoms with Crippen LogP contribution in [0.3, 0.4) is 0 Å². The van der Waals surface area contributed by atoms with Crippen molar-refractivity contribution in [3.8, 4) is 5.75 Å². The van der Waals surface area contributed by atoms with E-state index in [4.69, 9.17) is 9.47 Å². The van der Waals surface area contributed by atoms with Crippen molar-refractivity contribution in [3.05, 3.63) is 48.7 Å². The maximum atomic E-state index is 13.1. The van der Waals surface area contributed by atoms with Gasteiger partial charge in [0.15, 0.2) is 17.2 Å². The number of benzene rings is 1. The molecular weight excluding hydrogens is 470 g/mol. The van der Waals surface area contributed by atoms with Gasteiger partial charge in [0.25, 0.3) is 0 Å². The lowest BCUT2D eigenvalue weighted by atomic mass is 10.1. The summed E-state index contributed by atoms with van der Waals surface area (Å²) >= 11 is 0. The molecule has 0 saturated carbocycles. The van der Waals surface area contributed by atoms with Crippen LogP contribution in [0.4, 0.5) is 5.82 Å². The lowest BCUT2D eigenvalue weighted by molar-refractivity contribution is 0.0371. The molecule has 1 N–H and O–H groups in total. The number of hydrogen-bond acceptors (Lipinski definition) is 9. The van der Waals surface area contributed by atoms with E-state index in [0.29, 0.717) is 30.1 Å². The average molecular weight is 502 g/mol. The molecule has 0 unspecified atom stereocenters. The normalized spacial score (nSPS) is 18.6. The number of nitrogens with zero attached hydrogens (tertiary/aromatic N) is 6. The summed E-state index contributed by atoms with van der Waals surface area (Å²) in [6.07, 6.45) is 6.52. The van der Waals surface area contributed by atoms with E-state index in [9.17, 15) is 4.79 Å². The minimum atomic E-state index is 0.0500. The zero-order chi connectivity index (χ0) is 25.0. The Kier molecular flexibility index (Phi) is 6.92. The first kappa shape index (κ1) is 23.7. The molecule has 2 aliphatic rings. The second-order valence-electron chi connectivity index (χ2n) is 9.60. The first-order valence-corrected chi connectivity index (χ1v) is 13.0. The van der Waals surface area contributed by atoms with Crippen molar-refractivity contribution >= 4 is 33.7 Å². The highest BCUT2D eigenvalue weighted by Crippen LogP contribution is 2.30. The molecule has 1 aromatic carbocycles. The monoisotopic (exact) mass is 501 g/mol. The number of anilines is 1. The molecular formula is C27H31N7O3. The van der Waals surface area contributed by atoms with Crippen molar-refractivity contribution in [2.45, 2.75) is 31.7 Å². The molecule has 2 aliphatic heterocycles. The van der Waals surface area contributed by atoms with E-state index in [0.717, 1.165) is 80.9 Å². The van der Waals surface area contributed by atoms with Gasteiger partial charge in [-0.2, -0.15) is 0 Å². The Balaban J connectivity index is 1.17. The minimum Gasteiger partial charge on any atom is -0.491 e. The number of ether oxygens (including phenoxy) is 2. The highest BCUT2D eigenvalue weighted by molar-refractivity contribution is 5.98. The molecule has 2 saturated heterocycles. The molecule has 0 radical (unpaired) electrons. The lowest BCUT2D eigenvalue weighted by Gasteiger charge is -2.26. The van der Waals surface area contributed by atoms with Gasteiger partial charge < -0.3 is 19.4 Å². The molecule has 0 bridgehead atoms. The zero-order valence-corrected chi connectivity index (χ0v) is 20.8. The van der Waals surface area contributed by atoms with Crippen molar-refractivity contribution in [3.63, 3.8) is 0 Å². The summed E-state index contributed by atoms with van der Waals surface area (Å²) in [5.41, 5.74) is 2.74. The van der Waals surface area contributed by atoms with Crippen LogP contribution in [0.25, 0.3) is 22.1 Å². The van der Waals surface area contributed by atoms with E-state index in [2.05, 4.69) is 34.7 Å². The van der Waals surface area contributed by atoms with Crippen molar-refractivity contribution in [1.29, 1.82) is 0 Å². The second kappa shape index (κ2) is 10.8. The smallest absolute Gasteiger partial charge is 0.182 e. The van der Waals surface area contributed by atoms with Gasteiger partial charge in [0.2, 0.25) is 0 Å². The molecule has 192 valence electrons. The van der Waals surface area contributed by atoms with Gasteiger partial charge in [0, 0.05) is 37.5 Å². The third-order valence-electron chi connectivity index (χ3n) is 7.23. The molecule has 0 amide bonds. The minimum absolute atomic E-state index is 0.0500. The molecule has 10 heteroatoms. The van der Waals surface area contributed by atoms with E-state index in [1.165, 1.54) is 0 Å². The molecule has 1 atom stereocenters. The Morgan fingerprint density at radius 1 is 1.14 bits per heavy atom. The number of hydrogen-bond donors (Lipinski definition) is 1. The van der Waals surface area contributed by atoms with E-state index in [-0.39, 0.29) is 11.8 Å². The number of aromatic nitrogens is 5. The molecule has 0 aliphatic carbocycles. The standard InChI is InChI=1S/C27H31N7O3/c35-23(8-4-9-33-11-13-36-14-12-33)22-15-24(20-6-1-2-7-21(20)32-22)37-16-19-5-3-10-34(19)27-25-26(29-17-28-25)30-18-31-27/h1-2,6-7,15,17-19H,3-5,8-14,16H2,(H,28,29,30,31)/t19-/m1/s1. The maximum Gasteiger partial charge on any atom is 0.182 e. The van der Waals surface area contributed by atoms with E-state index < -0.39 is 0 Å². The summed E-state index contributed by atoms with van der Waals surface area (Å²) in [6, 6.07) is 9.81. The summed E-state index contributed by atoms with van der Waals surface area (Å²) in [6.45, 7) is 5.67. The fourth-order valence-electron chi connectivity index (χ4n) is 5.27. The number of pyridine rings is 1. The van der Waals surface area contributed by atoms with Crippen molar-refractivity contribution in [2.75, 3.05) is 50.9 Å². The fourth-order valence-corrected chi connectivity index (χ4v) is 5.27. The Morgan fingerprint density at radius 3 is 2.95 bits per heavy atom. The van der Waals surface area contributed by atoms with Gasteiger partial charge >= 0.3 is 0 Å². The van der Waals surface area contributed by atoms with E-state index in [1.54, 1.807) is 12.7 Å². The average Bonchev–Trinajstić information content (AvgIpc) is 3.62. The van der Waals surface area contributed by atoms with Gasteiger partial charge in [0.1, 0.15) is 29.9 Å². The van der Waals surface area contributed by atoms with Crippen LogP contribution in [0, 0.1) is 0 Å². The fraction of sp³-hybridized carbons (Fsp3) is 0.444. The maximum absolute atomic E-state index is 13.1. The summed E-state index contributed by atoms with van der Waals surface area (Å²) in [5, 5.41) is 0.912. The number of nitrogens with one attached hydrogen (secondary N) is 1. The molecule has 0 spiro atoms. The van der Waals surface area contributed by atoms with Gasteiger partial charge in [-0.1, -0.05) is 12.1 Å². The molecule has 37 heavy (non-hydrogen) atoms. The first-order chi connectivity index (χ1) is 18.3. The van der Waals surface area contributed by atoms with Gasteiger partial charge in [0.05, 0.1) is 31.1 Å². The van der Waals surface area contributed by atoms with Gasteiger partial charge in [-0.25, -0.2) is 19.9 Å². The number of fused-ring (bicyclic) bond motifs is 2. The first-order valence-electron chi connectivity index (χ1n) is 13.0. The second-order valence-corrected chi connectivity index (χ2v) is 9.60. The Morgan fingerprint density at radius 2 is 2.03 bits per heavy atom. The van der Waals surface area contributed by atoms with Crippen LogP contribution in [-0.4, -0.2) is 87.6 Å². The van der Waals surface area contributed by atoms with Crippen LogP contribution >= 0.6 is 0 Å². The SMILES string of the molecule is O=C(CCCN1CCOCC1)c1cc(OC[C@H]2CCCN2c2ncnc3nc[nH]c23)c2ccccc2n1. The van der Waals surface area contributed by atoms with Crippen LogP contribution in [0.2, 0.25) is 0 Å². The molecule has 5 heterocycles. The van der Waals surface area contributed by atoms with Crippen LogP contribution in [0.1, 0.15) is 36.2 Å². The van der Waals surface area contributed by atoms with Crippen LogP contribution in [0.5, 0.6) is 5.75 Å². The summed E-state index contributed by atoms with van der Waals surface area (Å²) in [4.78, 5) is 38.6. The molecule has 6 rings (SSSR count). The number of para-hydroxylation sites is 1. The van der Waals surface area contributed by atoms with E-state index in [1.807, 2.05) is 30.3 Å². The predicted molar refractivity (Wildman–Crippen MR) is 140 cm³/mol. The molecule has 2 fully saturated rings. The highest BCUT2D eigenvalue weighted by atomic mass is 16.5. The third kappa shape index (κ3) is 5.12. The quantitative estimate of drug-likeness (QED) is 0.346. The topological polar surface area (TPSA) is 109 Å². The van der Waals surface area contributed by atoms with Crippen molar-refractivity contribution < 1.29 is 14.3 Å². The summed E-state index contributed by atoms with van der Waals surface area (Å²) < 4.78 is 11.8. The number of carbonyl (C=O) groups is 1. The van der Waals surface area contributed by atoms with Crippen molar-refractivity contribution in [2.24, 2.45) is 0 Å². The predicted octanol–water partition coefficient (Wildman–Crippen LogP) is 3.24. The molecule has 4 aromatic rings. The Bertz CT molecular complexity index is 1380. The van der Waals surface area contributed by atoms with Crippen LogP contribution in [0.15, 0.2) is 43.0 Å². The van der Waals surface area contributed by atoms with Crippen molar-refractivity contribution in [1.82, 2.24) is 29.8 Å². The number of aromatic amines is 1. The molecule has 3 aromatic heterocycles. The lowest BCUT2D eigenvalue weighted by Crippen LogP contribution is -2.36. The van der Waals surface area contributed by atoms with Gasteiger partial charge in [-0.3, -0.25) is 9.69 Å². The Hall–Kier alpha value is -3.63. The number of morpholine rings is 1. The highest BCUT2D eigenvalue weighted by Gasteiger charge is 2.29. The van der Waals surface area contributed by atoms with Crippen LogP contribution < -0.4 is 9.64 Å². The third-order valence-corrected chi connectivity index (χ3v) is 7.23. The number of imidazole rings is 1. The van der Waals surface area contributed by atoms with Gasteiger partial charge in [-0.15, -0.1) is 0 Å². The molecule has 10 nitrogen and oxygen atoms in total. The number of rotatable bonds is 9. The number of H-pyrrole nitrogens is 1. The largest absolute Gasteiger partial charge is 0.491 e. The van der Waals surface area contributed by atoms with Gasteiger partial charge in [-0.05, 0) is 37.9 Å². The summed E-state index contributed by atoms with van der Waals surface area (Å²) in [5.74, 6) is 1.60. The summed E-state index contributed by atoms with van der Waals surface area (Å²) in [7, 11) is 0. The van der Waals surface area contributed by atoms with Crippen LogP contribution in [-0.2, 0) is 4.74 Å².